The first-order valence-electron chi connectivity index (χ1n) is 11.1. The minimum absolute atomic E-state index is 0.0252. The van der Waals surface area contributed by atoms with Gasteiger partial charge in [-0.3, -0.25) is 9.59 Å². The fourth-order valence-corrected chi connectivity index (χ4v) is 6.21. The average molecular weight is 583 g/mol. The van der Waals surface area contributed by atoms with Crippen molar-refractivity contribution in [2.24, 2.45) is 0 Å². The molecule has 0 spiro atoms. The second-order valence-electron chi connectivity index (χ2n) is 8.45. The summed E-state index contributed by atoms with van der Waals surface area (Å²) in [6.07, 6.45) is -0.829. The minimum Gasteiger partial charge on any atom is -0.483 e. The zero-order valence-corrected chi connectivity index (χ0v) is 22.9. The van der Waals surface area contributed by atoms with Crippen LogP contribution in [-0.4, -0.2) is 56.2 Å². The quantitative estimate of drug-likeness (QED) is 0.368. The number of rotatable bonds is 7. The Hall–Kier alpha value is -2.85. The van der Waals surface area contributed by atoms with Crippen molar-refractivity contribution < 1.29 is 22.7 Å². The zero-order chi connectivity index (χ0) is 26.9. The van der Waals surface area contributed by atoms with E-state index >= 15 is 0 Å². The molecule has 0 fully saturated rings. The summed E-state index contributed by atoms with van der Waals surface area (Å²) in [6.45, 7) is 1.45. The van der Waals surface area contributed by atoms with Gasteiger partial charge >= 0.3 is 0 Å². The van der Waals surface area contributed by atoms with E-state index in [-0.39, 0.29) is 68.3 Å². The maximum absolute atomic E-state index is 13.7. The number of pyridine rings is 1. The van der Waals surface area contributed by atoms with Crippen LogP contribution in [0.5, 0.6) is 5.75 Å². The molecule has 0 aliphatic carbocycles. The van der Waals surface area contributed by atoms with Crippen molar-refractivity contribution in [1.29, 1.82) is 0 Å². The van der Waals surface area contributed by atoms with Crippen molar-refractivity contribution in [2.75, 3.05) is 24.4 Å². The van der Waals surface area contributed by atoms with Gasteiger partial charge < -0.3 is 9.64 Å². The Morgan fingerprint density at radius 1 is 1.08 bits per heavy atom. The van der Waals surface area contributed by atoms with Crippen molar-refractivity contribution in [2.45, 2.75) is 24.3 Å². The number of amides is 1. The molecule has 1 atom stereocenters. The van der Waals surface area contributed by atoms with Gasteiger partial charge in [-0.2, -0.15) is 0 Å². The van der Waals surface area contributed by atoms with Crippen molar-refractivity contribution in [3.8, 4) is 5.75 Å². The number of hydrogen-bond acceptors (Lipinski definition) is 6. The number of halogens is 3. The van der Waals surface area contributed by atoms with E-state index in [4.69, 9.17) is 39.5 Å². The number of sulfonamides is 1. The zero-order valence-electron chi connectivity index (χ0n) is 19.8. The molecule has 1 aliphatic heterocycles. The highest BCUT2D eigenvalue weighted by molar-refractivity contribution is 7.92. The topological polar surface area (TPSA) is 96.9 Å². The van der Waals surface area contributed by atoms with Gasteiger partial charge in [-0.05, 0) is 42.5 Å². The number of aromatic nitrogens is 1. The minimum atomic E-state index is -4.12. The molecule has 3 aromatic rings. The lowest BCUT2D eigenvalue weighted by molar-refractivity contribution is -0.128. The highest BCUT2D eigenvalue weighted by atomic mass is 35.5. The molecular formula is C25H22Cl3N3O5S. The van der Waals surface area contributed by atoms with Crippen LogP contribution in [0, 0.1) is 0 Å². The van der Waals surface area contributed by atoms with E-state index in [1.54, 1.807) is 43.4 Å². The van der Waals surface area contributed by atoms with Gasteiger partial charge in [0.15, 0.2) is 17.4 Å². The number of ether oxygens (including phenoxy) is 1. The molecule has 0 saturated carbocycles. The van der Waals surface area contributed by atoms with Crippen molar-refractivity contribution in [3.05, 3.63) is 80.9 Å². The lowest BCUT2D eigenvalue weighted by Gasteiger charge is -2.36. The first-order valence-corrected chi connectivity index (χ1v) is 13.7. The van der Waals surface area contributed by atoms with Crippen LogP contribution in [0.15, 0.2) is 59.5 Å². The molecule has 0 N–H and O–H groups in total. The second-order valence-corrected chi connectivity index (χ2v) is 11.6. The predicted molar refractivity (Wildman–Crippen MR) is 142 cm³/mol. The standard InChI is InChI=1S/C25H22Cl3N3O5S/c1-15(32)30(2)13-18-14-31(37(34,35)19-6-3-5-16(26)11-19)25-23(36-18)10-9-17(29-25)12-22(33)24-20(27)7-4-8-21(24)28/h3-11,18H,12-14H2,1-2H3/t18-/m0/s1. The molecule has 1 amide bonds. The Morgan fingerprint density at radius 3 is 2.41 bits per heavy atom. The van der Waals surface area contributed by atoms with Gasteiger partial charge in [0.2, 0.25) is 5.91 Å². The fraction of sp³-hybridized carbons (Fsp3) is 0.240. The monoisotopic (exact) mass is 581 g/mol. The Labute approximate surface area is 229 Å². The van der Waals surface area contributed by atoms with Gasteiger partial charge in [-0.15, -0.1) is 0 Å². The number of ketones is 1. The Morgan fingerprint density at radius 2 is 1.76 bits per heavy atom. The van der Waals surface area contributed by atoms with Crippen LogP contribution in [0.1, 0.15) is 23.0 Å². The molecule has 2 heterocycles. The highest BCUT2D eigenvalue weighted by Gasteiger charge is 2.37. The molecule has 0 saturated heterocycles. The van der Waals surface area contributed by atoms with E-state index in [0.717, 1.165) is 4.31 Å². The SMILES string of the molecule is CC(=O)N(C)C[C@H]1CN(S(=O)(=O)c2cccc(Cl)c2)c2nc(CC(=O)c3c(Cl)cccc3Cl)ccc2O1. The van der Waals surface area contributed by atoms with Gasteiger partial charge in [-0.1, -0.05) is 46.9 Å². The lowest BCUT2D eigenvalue weighted by Crippen LogP contribution is -2.49. The van der Waals surface area contributed by atoms with Gasteiger partial charge in [0.25, 0.3) is 10.0 Å². The van der Waals surface area contributed by atoms with Crippen molar-refractivity contribution in [1.82, 2.24) is 9.88 Å². The maximum Gasteiger partial charge on any atom is 0.265 e. The first-order chi connectivity index (χ1) is 17.5. The van der Waals surface area contributed by atoms with Gasteiger partial charge in [0.05, 0.1) is 45.7 Å². The molecule has 8 nitrogen and oxygen atoms in total. The lowest BCUT2D eigenvalue weighted by atomic mass is 10.1. The molecule has 4 rings (SSSR count). The highest BCUT2D eigenvalue weighted by Crippen LogP contribution is 2.36. The molecule has 194 valence electrons. The number of fused-ring (bicyclic) bond motifs is 1. The molecule has 12 heteroatoms. The summed E-state index contributed by atoms with van der Waals surface area (Å²) >= 11 is 18.4. The maximum atomic E-state index is 13.7. The fourth-order valence-electron chi connectivity index (χ4n) is 3.84. The summed E-state index contributed by atoms with van der Waals surface area (Å²) in [5.41, 5.74) is 0.464. The van der Waals surface area contributed by atoms with Crippen LogP contribution in [0.2, 0.25) is 15.1 Å². The number of anilines is 1. The van der Waals surface area contributed by atoms with Gasteiger partial charge in [0.1, 0.15) is 6.10 Å². The molecule has 0 radical (unpaired) electrons. The summed E-state index contributed by atoms with van der Waals surface area (Å²) in [6, 6.07) is 13.8. The molecule has 1 aliphatic rings. The van der Waals surface area contributed by atoms with E-state index in [2.05, 4.69) is 4.98 Å². The third-order valence-electron chi connectivity index (χ3n) is 5.78. The summed E-state index contributed by atoms with van der Waals surface area (Å²) in [7, 11) is -2.52. The van der Waals surface area contributed by atoms with Crippen LogP contribution in [-0.2, 0) is 21.2 Å². The number of hydrogen-bond donors (Lipinski definition) is 0. The molecule has 0 bridgehead atoms. The number of carbonyl (C=O) groups is 2. The Bertz CT molecular complexity index is 1460. The van der Waals surface area contributed by atoms with Gasteiger partial charge in [-0.25, -0.2) is 17.7 Å². The van der Waals surface area contributed by atoms with Gasteiger partial charge in [0, 0.05) is 19.0 Å². The molecule has 37 heavy (non-hydrogen) atoms. The van der Waals surface area contributed by atoms with E-state index in [1.165, 1.54) is 30.0 Å². The number of likely N-dealkylation sites (N-methyl/N-ethyl adjacent to an activating group) is 1. The number of nitrogens with zero attached hydrogens (tertiary/aromatic N) is 3. The van der Waals surface area contributed by atoms with E-state index < -0.39 is 16.1 Å². The first kappa shape index (κ1) is 27.2. The molecular weight excluding hydrogens is 561 g/mol. The van der Waals surface area contributed by atoms with E-state index in [0.29, 0.717) is 5.69 Å². The summed E-state index contributed by atoms with van der Waals surface area (Å²) in [4.78, 5) is 30.6. The predicted octanol–water partition coefficient (Wildman–Crippen LogP) is 4.90. The van der Waals surface area contributed by atoms with Crippen molar-refractivity contribution >= 4 is 62.3 Å². The van der Waals surface area contributed by atoms with E-state index in [9.17, 15) is 18.0 Å². The Kier molecular flexibility index (Phi) is 7.99. The molecule has 1 aromatic heterocycles. The van der Waals surface area contributed by atoms with Crippen LogP contribution in [0.3, 0.4) is 0 Å². The summed E-state index contributed by atoms with van der Waals surface area (Å²) in [5.74, 6) is -0.336. The van der Waals surface area contributed by atoms with E-state index in [1.807, 2.05) is 0 Å². The third kappa shape index (κ3) is 5.85. The number of Topliss-reactive ketones (excluding diaryl/α,β-unsaturated/α-hetero) is 1. The van der Waals surface area contributed by atoms with Crippen molar-refractivity contribution in [3.63, 3.8) is 0 Å². The van der Waals surface area contributed by atoms with Crippen LogP contribution in [0.25, 0.3) is 0 Å². The number of carbonyl (C=O) groups excluding carboxylic acids is 2. The summed E-state index contributed by atoms with van der Waals surface area (Å²) in [5, 5.41) is 0.675. The average Bonchev–Trinajstić information content (AvgIpc) is 2.83. The number of benzene rings is 2. The molecule has 2 aromatic carbocycles. The summed E-state index contributed by atoms with van der Waals surface area (Å²) < 4.78 is 34.5. The van der Waals surface area contributed by atoms with Crippen LogP contribution < -0.4 is 9.04 Å². The molecule has 0 unspecified atom stereocenters. The largest absolute Gasteiger partial charge is 0.483 e. The third-order valence-corrected chi connectivity index (χ3v) is 8.40. The smallest absolute Gasteiger partial charge is 0.265 e. The van der Waals surface area contributed by atoms with Crippen LogP contribution in [0.4, 0.5) is 5.82 Å². The Balaban J connectivity index is 1.73. The van der Waals surface area contributed by atoms with Crippen LogP contribution >= 0.6 is 34.8 Å². The second kappa shape index (κ2) is 10.9. The normalized spacial score (nSPS) is 15.1.